The first-order valence-corrected chi connectivity index (χ1v) is 8.86. The van der Waals surface area contributed by atoms with Gasteiger partial charge in [0.1, 0.15) is 11.5 Å². The van der Waals surface area contributed by atoms with Crippen molar-refractivity contribution in [2.24, 2.45) is 0 Å². The molecular formula is C21H26N2O3. The molecule has 0 aromatic heterocycles. The van der Waals surface area contributed by atoms with Gasteiger partial charge in [-0.2, -0.15) is 0 Å². The van der Waals surface area contributed by atoms with Gasteiger partial charge in [-0.1, -0.05) is 18.2 Å². The number of carbonyl (C=O) groups is 1. The summed E-state index contributed by atoms with van der Waals surface area (Å²) >= 11 is 0. The third kappa shape index (κ3) is 3.68. The molecule has 0 unspecified atom stereocenters. The third-order valence-corrected chi connectivity index (χ3v) is 4.95. The zero-order valence-electron chi connectivity index (χ0n) is 15.9. The van der Waals surface area contributed by atoms with Gasteiger partial charge in [-0.3, -0.25) is 9.69 Å². The van der Waals surface area contributed by atoms with Crippen LogP contribution in [0.3, 0.4) is 0 Å². The first-order chi connectivity index (χ1) is 12.5. The minimum absolute atomic E-state index is 0.105. The molecular weight excluding hydrogens is 328 g/mol. The van der Waals surface area contributed by atoms with Crippen molar-refractivity contribution in [1.29, 1.82) is 0 Å². The van der Waals surface area contributed by atoms with Crippen LogP contribution < -0.4 is 14.4 Å². The molecule has 0 aliphatic carbocycles. The van der Waals surface area contributed by atoms with Gasteiger partial charge in [0.2, 0.25) is 5.91 Å². The molecule has 0 saturated carbocycles. The first-order valence-electron chi connectivity index (χ1n) is 8.86. The molecule has 138 valence electrons. The van der Waals surface area contributed by atoms with Gasteiger partial charge in [-0.05, 0) is 49.2 Å². The summed E-state index contributed by atoms with van der Waals surface area (Å²) in [5.74, 6) is 1.68. The molecule has 1 heterocycles. The number of hydrogen-bond donors (Lipinski definition) is 0. The normalized spacial score (nSPS) is 18.1. The number of benzene rings is 2. The van der Waals surface area contributed by atoms with Gasteiger partial charge in [0.25, 0.3) is 0 Å². The summed E-state index contributed by atoms with van der Waals surface area (Å²) < 4.78 is 10.7. The fourth-order valence-corrected chi connectivity index (χ4v) is 3.35. The smallest absolute Gasteiger partial charge is 0.244 e. The van der Waals surface area contributed by atoms with Crippen LogP contribution in [-0.2, 0) is 11.3 Å². The average molecular weight is 354 g/mol. The van der Waals surface area contributed by atoms with Crippen molar-refractivity contribution < 1.29 is 14.3 Å². The van der Waals surface area contributed by atoms with Crippen LogP contribution in [0.15, 0.2) is 42.5 Å². The molecule has 1 fully saturated rings. The minimum Gasteiger partial charge on any atom is -0.497 e. The number of nitrogens with zero attached hydrogens (tertiary/aromatic N) is 2. The lowest BCUT2D eigenvalue weighted by Gasteiger charge is -2.39. The van der Waals surface area contributed by atoms with Crippen molar-refractivity contribution in [3.63, 3.8) is 0 Å². The Balaban J connectivity index is 1.75. The van der Waals surface area contributed by atoms with Gasteiger partial charge < -0.3 is 14.4 Å². The topological polar surface area (TPSA) is 42.0 Å². The van der Waals surface area contributed by atoms with Gasteiger partial charge in [0.15, 0.2) is 0 Å². The Bertz CT molecular complexity index is 773. The number of methoxy groups -OCH3 is 2. The van der Waals surface area contributed by atoms with Crippen molar-refractivity contribution in [3.8, 4) is 11.5 Å². The minimum atomic E-state index is -0.184. The SMILES string of the molecule is COc1ccc(CN2CCN(c3cc(C)ccc3OC)C(=O)[C@H]2C)cc1. The number of ether oxygens (including phenoxy) is 2. The van der Waals surface area contributed by atoms with Crippen LogP contribution in [0.4, 0.5) is 5.69 Å². The molecule has 26 heavy (non-hydrogen) atoms. The van der Waals surface area contributed by atoms with Crippen LogP contribution >= 0.6 is 0 Å². The van der Waals surface area contributed by atoms with Crippen LogP contribution in [0, 0.1) is 6.92 Å². The van der Waals surface area contributed by atoms with Crippen LogP contribution in [-0.4, -0.2) is 44.2 Å². The number of amides is 1. The number of rotatable bonds is 5. The molecule has 0 radical (unpaired) electrons. The lowest BCUT2D eigenvalue weighted by molar-refractivity contribution is -0.125. The second-order valence-corrected chi connectivity index (χ2v) is 6.66. The van der Waals surface area contributed by atoms with E-state index < -0.39 is 0 Å². The monoisotopic (exact) mass is 354 g/mol. The zero-order valence-corrected chi connectivity index (χ0v) is 15.9. The fraction of sp³-hybridized carbons (Fsp3) is 0.381. The second-order valence-electron chi connectivity index (χ2n) is 6.66. The van der Waals surface area contributed by atoms with E-state index in [1.165, 1.54) is 5.56 Å². The number of anilines is 1. The molecule has 0 N–H and O–H groups in total. The van der Waals surface area contributed by atoms with E-state index in [9.17, 15) is 4.79 Å². The van der Waals surface area contributed by atoms with E-state index in [0.29, 0.717) is 6.54 Å². The Morgan fingerprint density at radius 2 is 1.77 bits per heavy atom. The second kappa shape index (κ2) is 7.79. The van der Waals surface area contributed by atoms with E-state index in [1.54, 1.807) is 14.2 Å². The van der Waals surface area contributed by atoms with Crippen molar-refractivity contribution in [3.05, 3.63) is 53.6 Å². The van der Waals surface area contributed by atoms with Crippen LogP contribution in [0.1, 0.15) is 18.1 Å². The standard InChI is InChI=1S/C21H26N2O3/c1-15-5-10-20(26-4)19(13-15)23-12-11-22(16(2)21(23)24)14-17-6-8-18(25-3)9-7-17/h5-10,13,16H,11-12,14H2,1-4H3/t16-/m1/s1. The van der Waals surface area contributed by atoms with Crippen LogP contribution in [0.5, 0.6) is 11.5 Å². The van der Waals surface area contributed by atoms with Gasteiger partial charge in [0.05, 0.1) is 25.9 Å². The van der Waals surface area contributed by atoms with Crippen LogP contribution in [0.2, 0.25) is 0 Å². The molecule has 3 rings (SSSR count). The Morgan fingerprint density at radius 1 is 1.04 bits per heavy atom. The van der Waals surface area contributed by atoms with Gasteiger partial charge in [-0.25, -0.2) is 0 Å². The summed E-state index contributed by atoms with van der Waals surface area (Å²) in [5, 5.41) is 0. The van der Waals surface area contributed by atoms with E-state index in [4.69, 9.17) is 9.47 Å². The quantitative estimate of drug-likeness (QED) is 0.827. The average Bonchev–Trinajstić information content (AvgIpc) is 2.66. The molecule has 5 nitrogen and oxygen atoms in total. The van der Waals surface area contributed by atoms with E-state index in [0.717, 1.165) is 35.8 Å². The molecule has 1 saturated heterocycles. The summed E-state index contributed by atoms with van der Waals surface area (Å²) in [6, 6.07) is 13.8. The van der Waals surface area contributed by atoms with E-state index in [-0.39, 0.29) is 11.9 Å². The fourth-order valence-electron chi connectivity index (χ4n) is 3.35. The number of hydrogen-bond acceptors (Lipinski definition) is 4. The molecule has 1 atom stereocenters. The summed E-state index contributed by atoms with van der Waals surface area (Å²) in [5.41, 5.74) is 3.14. The van der Waals surface area contributed by atoms with Gasteiger partial charge in [0, 0.05) is 19.6 Å². The predicted molar refractivity (Wildman–Crippen MR) is 103 cm³/mol. The van der Waals surface area contributed by atoms with Crippen molar-refractivity contribution in [2.45, 2.75) is 26.4 Å². The Morgan fingerprint density at radius 3 is 2.42 bits per heavy atom. The molecule has 0 bridgehead atoms. The highest BCUT2D eigenvalue weighted by Gasteiger charge is 2.33. The molecule has 5 heteroatoms. The van der Waals surface area contributed by atoms with Gasteiger partial charge >= 0.3 is 0 Å². The highest BCUT2D eigenvalue weighted by atomic mass is 16.5. The number of carbonyl (C=O) groups excluding carboxylic acids is 1. The molecule has 1 amide bonds. The van der Waals surface area contributed by atoms with Gasteiger partial charge in [-0.15, -0.1) is 0 Å². The maximum atomic E-state index is 13.0. The zero-order chi connectivity index (χ0) is 18.7. The predicted octanol–water partition coefficient (Wildman–Crippen LogP) is 3.25. The van der Waals surface area contributed by atoms with Crippen LogP contribution in [0.25, 0.3) is 0 Å². The summed E-state index contributed by atoms with van der Waals surface area (Å²) in [6.07, 6.45) is 0. The molecule has 1 aliphatic heterocycles. The number of aryl methyl sites for hydroxylation is 1. The van der Waals surface area contributed by atoms with E-state index >= 15 is 0 Å². The highest BCUT2D eigenvalue weighted by Crippen LogP contribution is 2.31. The number of piperazine rings is 1. The van der Waals surface area contributed by atoms with Crippen molar-refractivity contribution in [2.75, 3.05) is 32.2 Å². The lowest BCUT2D eigenvalue weighted by Crippen LogP contribution is -2.55. The Labute approximate surface area is 155 Å². The summed E-state index contributed by atoms with van der Waals surface area (Å²) in [7, 11) is 3.30. The molecule has 0 spiro atoms. The van der Waals surface area contributed by atoms with E-state index in [1.807, 2.05) is 61.2 Å². The Kier molecular flexibility index (Phi) is 5.47. The third-order valence-electron chi connectivity index (χ3n) is 4.95. The Hall–Kier alpha value is -2.53. The van der Waals surface area contributed by atoms with E-state index in [2.05, 4.69) is 4.90 Å². The van der Waals surface area contributed by atoms with Crippen molar-refractivity contribution >= 4 is 11.6 Å². The maximum Gasteiger partial charge on any atom is 0.244 e. The molecule has 2 aromatic carbocycles. The summed E-state index contributed by atoms with van der Waals surface area (Å²) in [4.78, 5) is 17.1. The first kappa shape index (κ1) is 18.3. The largest absolute Gasteiger partial charge is 0.497 e. The van der Waals surface area contributed by atoms with Crippen molar-refractivity contribution in [1.82, 2.24) is 4.90 Å². The lowest BCUT2D eigenvalue weighted by atomic mass is 10.1. The molecule has 1 aliphatic rings. The maximum absolute atomic E-state index is 13.0. The highest BCUT2D eigenvalue weighted by molar-refractivity contribution is 5.99. The summed E-state index contributed by atoms with van der Waals surface area (Å²) in [6.45, 7) is 6.21. The molecule has 2 aromatic rings.